The molecule has 4 heterocycles. The number of aryl methyl sites for hydroxylation is 2. The third-order valence-corrected chi connectivity index (χ3v) is 11.7. The summed E-state index contributed by atoms with van der Waals surface area (Å²) in [6, 6.07) is 7.35. The number of H-pyrrole nitrogens is 1. The SMILES string of the molecule is C=CCC1(S(=O)(=O)n2cc(C)c3c(C(=O)NCc4c(OC)cc(C)[nH]c4=O)cc(-c4cncc(N5CCN(C)CC5)c4)cc32)CC1. The van der Waals surface area contributed by atoms with Gasteiger partial charge in [0.2, 0.25) is 10.0 Å². The Labute approximate surface area is 268 Å². The van der Waals surface area contributed by atoms with E-state index in [0.717, 1.165) is 37.4 Å². The summed E-state index contributed by atoms with van der Waals surface area (Å²) in [6.07, 6.45) is 8.28. The minimum absolute atomic E-state index is 0.0791. The largest absolute Gasteiger partial charge is 0.496 e. The molecule has 1 aliphatic heterocycles. The first-order chi connectivity index (χ1) is 22.0. The van der Waals surface area contributed by atoms with Crippen LogP contribution in [0, 0.1) is 13.8 Å². The van der Waals surface area contributed by atoms with E-state index in [9.17, 15) is 18.0 Å². The van der Waals surface area contributed by atoms with Crippen molar-refractivity contribution in [3.63, 3.8) is 0 Å². The van der Waals surface area contributed by atoms with Gasteiger partial charge in [0, 0.05) is 60.8 Å². The molecule has 4 aromatic rings. The number of amides is 1. The molecule has 6 rings (SSSR count). The number of benzene rings is 1. The molecule has 1 saturated heterocycles. The van der Waals surface area contributed by atoms with Crippen molar-refractivity contribution in [1.82, 2.24) is 24.2 Å². The molecule has 1 aliphatic carbocycles. The average Bonchev–Trinajstić information content (AvgIpc) is 3.76. The number of anilines is 1. The van der Waals surface area contributed by atoms with Crippen molar-refractivity contribution in [3.8, 4) is 16.9 Å². The Kier molecular flexibility index (Phi) is 8.28. The molecule has 46 heavy (non-hydrogen) atoms. The number of likely N-dealkylation sites (N-methyl/N-ethyl adjacent to an activating group) is 1. The molecular weight excluding hydrogens is 604 g/mol. The van der Waals surface area contributed by atoms with Gasteiger partial charge in [0.25, 0.3) is 11.5 Å². The molecule has 11 nitrogen and oxygen atoms in total. The van der Waals surface area contributed by atoms with Gasteiger partial charge in [-0.05, 0) is 75.5 Å². The Morgan fingerprint density at radius 2 is 1.85 bits per heavy atom. The molecule has 0 unspecified atom stereocenters. The number of fused-ring (bicyclic) bond motifs is 1. The second-order valence-electron chi connectivity index (χ2n) is 12.4. The van der Waals surface area contributed by atoms with Crippen molar-refractivity contribution in [2.75, 3.05) is 45.2 Å². The summed E-state index contributed by atoms with van der Waals surface area (Å²) < 4.78 is 34.1. The number of aromatic nitrogens is 3. The van der Waals surface area contributed by atoms with Crippen LogP contribution >= 0.6 is 0 Å². The highest BCUT2D eigenvalue weighted by molar-refractivity contribution is 7.91. The fourth-order valence-electron chi connectivity index (χ4n) is 6.37. The van der Waals surface area contributed by atoms with E-state index in [1.54, 1.807) is 44.4 Å². The summed E-state index contributed by atoms with van der Waals surface area (Å²) in [5, 5.41) is 3.42. The lowest BCUT2D eigenvalue weighted by atomic mass is 9.98. The van der Waals surface area contributed by atoms with E-state index in [4.69, 9.17) is 4.74 Å². The van der Waals surface area contributed by atoms with Crippen LogP contribution in [0.2, 0.25) is 0 Å². The van der Waals surface area contributed by atoms with Crippen molar-refractivity contribution in [3.05, 3.63) is 88.2 Å². The molecule has 2 fully saturated rings. The van der Waals surface area contributed by atoms with E-state index < -0.39 is 20.7 Å². The van der Waals surface area contributed by atoms with Crippen molar-refractivity contribution in [2.24, 2.45) is 0 Å². The van der Waals surface area contributed by atoms with E-state index in [1.807, 2.05) is 18.3 Å². The molecule has 1 amide bonds. The third-order valence-electron chi connectivity index (χ3n) is 9.24. The topological polar surface area (TPSA) is 130 Å². The fraction of sp³-hybridized carbons (Fsp3) is 0.382. The van der Waals surface area contributed by atoms with Gasteiger partial charge in [-0.2, -0.15) is 0 Å². The van der Waals surface area contributed by atoms with Gasteiger partial charge in [-0.25, -0.2) is 12.4 Å². The van der Waals surface area contributed by atoms with Crippen molar-refractivity contribution < 1.29 is 17.9 Å². The van der Waals surface area contributed by atoms with Crippen LogP contribution in [-0.2, 0) is 16.6 Å². The first-order valence-electron chi connectivity index (χ1n) is 15.4. The lowest BCUT2D eigenvalue weighted by Gasteiger charge is -2.34. The molecule has 3 aromatic heterocycles. The molecule has 1 aromatic carbocycles. The molecule has 0 atom stereocenters. The van der Waals surface area contributed by atoms with Crippen LogP contribution in [0.5, 0.6) is 5.75 Å². The van der Waals surface area contributed by atoms with Gasteiger partial charge in [0.1, 0.15) is 5.75 Å². The van der Waals surface area contributed by atoms with E-state index in [1.165, 1.54) is 11.1 Å². The van der Waals surface area contributed by atoms with Crippen molar-refractivity contribution >= 4 is 32.5 Å². The van der Waals surface area contributed by atoms with E-state index >= 15 is 0 Å². The maximum Gasteiger partial charge on any atom is 0.256 e. The normalized spacial score (nSPS) is 16.4. The van der Waals surface area contributed by atoms with Crippen LogP contribution in [0.25, 0.3) is 22.0 Å². The molecule has 2 aliphatic rings. The average molecular weight is 645 g/mol. The summed E-state index contributed by atoms with van der Waals surface area (Å²) in [4.78, 5) is 38.6. The summed E-state index contributed by atoms with van der Waals surface area (Å²) in [5.41, 5.74) is 4.34. The summed E-state index contributed by atoms with van der Waals surface area (Å²) >= 11 is 0. The maximum absolute atomic E-state index is 14.1. The molecule has 0 radical (unpaired) electrons. The molecule has 1 saturated carbocycles. The summed E-state index contributed by atoms with van der Waals surface area (Å²) in [7, 11) is -0.241. The quantitative estimate of drug-likeness (QED) is 0.248. The van der Waals surface area contributed by atoms with Gasteiger partial charge in [-0.3, -0.25) is 14.6 Å². The van der Waals surface area contributed by atoms with E-state index in [2.05, 4.69) is 38.7 Å². The summed E-state index contributed by atoms with van der Waals surface area (Å²) in [5.74, 6) is -0.0693. The number of nitrogens with zero attached hydrogens (tertiary/aromatic N) is 4. The maximum atomic E-state index is 14.1. The van der Waals surface area contributed by atoms with Gasteiger partial charge in [-0.15, -0.1) is 6.58 Å². The molecule has 2 N–H and O–H groups in total. The minimum atomic E-state index is -3.82. The van der Waals surface area contributed by atoms with Crippen LogP contribution in [0.15, 0.2) is 60.3 Å². The zero-order valence-corrected chi connectivity index (χ0v) is 27.5. The second kappa shape index (κ2) is 12.1. The zero-order chi connectivity index (χ0) is 32.8. The van der Waals surface area contributed by atoms with Gasteiger partial charge in [-0.1, -0.05) is 6.08 Å². The Morgan fingerprint density at radius 1 is 1.11 bits per heavy atom. The molecule has 0 spiro atoms. The monoisotopic (exact) mass is 644 g/mol. The number of piperazine rings is 1. The molecule has 0 bridgehead atoms. The van der Waals surface area contributed by atoms with E-state index in [0.29, 0.717) is 58.3 Å². The predicted molar refractivity (Wildman–Crippen MR) is 180 cm³/mol. The standard InChI is InChI=1S/C34H40N6O5S/c1-6-7-34(8-9-34)46(43,44)40-21-22(2)31-27(32(41)36-20-28-30(45-5)14-23(3)37-33(28)42)16-24(17-29(31)40)25-15-26(19-35-18-25)39-12-10-38(4)11-13-39/h6,14-19,21H,1,7-13,20H2,2-5H3,(H,36,41)(H,37,42). The Morgan fingerprint density at radius 3 is 2.52 bits per heavy atom. The predicted octanol–water partition coefficient (Wildman–Crippen LogP) is 3.99. The number of hydrogen-bond donors (Lipinski definition) is 2. The number of rotatable bonds is 10. The van der Waals surface area contributed by atoms with Crippen LogP contribution in [0.1, 0.15) is 46.4 Å². The van der Waals surface area contributed by atoms with Crippen molar-refractivity contribution in [2.45, 2.75) is 44.4 Å². The molecule has 242 valence electrons. The number of methoxy groups -OCH3 is 1. The first-order valence-corrected chi connectivity index (χ1v) is 16.9. The van der Waals surface area contributed by atoms with E-state index in [-0.39, 0.29) is 17.7 Å². The highest BCUT2D eigenvalue weighted by Crippen LogP contribution is 2.49. The summed E-state index contributed by atoms with van der Waals surface area (Å²) in [6.45, 7) is 10.9. The minimum Gasteiger partial charge on any atom is -0.496 e. The van der Waals surface area contributed by atoms with Crippen LogP contribution in [0.3, 0.4) is 0 Å². The van der Waals surface area contributed by atoms with Gasteiger partial charge in [0.15, 0.2) is 0 Å². The first kappa shape index (κ1) is 31.6. The number of hydrogen-bond acceptors (Lipinski definition) is 8. The fourth-order valence-corrected chi connectivity index (χ4v) is 8.43. The van der Waals surface area contributed by atoms with Crippen LogP contribution < -0.4 is 20.5 Å². The number of aromatic amines is 1. The highest BCUT2D eigenvalue weighted by Gasteiger charge is 2.54. The Hall–Kier alpha value is -4.42. The zero-order valence-electron chi connectivity index (χ0n) is 26.7. The number of allylic oxidation sites excluding steroid dienone is 1. The number of ether oxygens (including phenoxy) is 1. The van der Waals surface area contributed by atoms with Crippen molar-refractivity contribution in [1.29, 1.82) is 0 Å². The Balaban J connectivity index is 1.47. The molecule has 12 heteroatoms. The van der Waals surface area contributed by atoms with Gasteiger partial charge >= 0.3 is 0 Å². The van der Waals surface area contributed by atoms with Gasteiger partial charge < -0.3 is 24.8 Å². The Bertz CT molecular complexity index is 2000. The second-order valence-corrected chi connectivity index (χ2v) is 14.6. The lowest BCUT2D eigenvalue weighted by Crippen LogP contribution is -2.44. The highest BCUT2D eigenvalue weighted by atomic mass is 32.2. The number of pyridine rings is 2. The number of carbonyl (C=O) groups is 1. The number of nitrogens with one attached hydrogen (secondary N) is 2. The lowest BCUT2D eigenvalue weighted by molar-refractivity contribution is 0.0952. The third kappa shape index (κ3) is 5.60. The number of carbonyl (C=O) groups excluding carboxylic acids is 1. The van der Waals surface area contributed by atoms with Crippen LogP contribution in [0.4, 0.5) is 5.69 Å². The smallest absolute Gasteiger partial charge is 0.256 e. The van der Waals surface area contributed by atoms with Crippen LogP contribution in [-0.4, -0.2) is 78.2 Å². The van der Waals surface area contributed by atoms with Gasteiger partial charge in [0.05, 0.1) is 41.4 Å². The molecular formula is C34H40N6O5S.